The van der Waals surface area contributed by atoms with Gasteiger partial charge in [-0.2, -0.15) is 8.78 Å². The number of hydrogen-bond acceptors (Lipinski definition) is 15. The summed E-state index contributed by atoms with van der Waals surface area (Å²) in [6.07, 6.45) is 3.77. The minimum Gasteiger partial charge on any atom is -0.489 e. The van der Waals surface area contributed by atoms with Crippen LogP contribution in [-0.4, -0.2) is 84.5 Å². The number of likely N-dealkylation sites (N-methyl/N-ethyl adjacent to an activating group) is 1. The number of aromatic nitrogens is 2. The Morgan fingerprint density at radius 2 is 1.61 bits per heavy atom. The summed E-state index contributed by atoms with van der Waals surface area (Å²) >= 11 is 5.91. The molecule has 51 heavy (non-hydrogen) atoms. The van der Waals surface area contributed by atoms with E-state index in [0.717, 1.165) is 11.2 Å². The van der Waals surface area contributed by atoms with Gasteiger partial charge in [-0.3, -0.25) is 4.79 Å². The molecule has 0 aliphatic carbocycles. The quantitative estimate of drug-likeness (QED) is 0.165. The van der Waals surface area contributed by atoms with E-state index in [-0.39, 0.29) is 38.9 Å². The van der Waals surface area contributed by atoms with E-state index < -0.39 is 72.9 Å². The third-order valence-corrected chi connectivity index (χ3v) is 6.95. The molecule has 2 aliphatic rings. The van der Waals surface area contributed by atoms with Crippen molar-refractivity contribution in [1.82, 2.24) is 14.9 Å². The molecule has 0 saturated heterocycles. The van der Waals surface area contributed by atoms with Crippen LogP contribution in [0.2, 0.25) is 5.02 Å². The van der Waals surface area contributed by atoms with Gasteiger partial charge < -0.3 is 39.1 Å². The predicted octanol–water partition coefficient (Wildman–Crippen LogP) is 3.46. The van der Waals surface area contributed by atoms with Gasteiger partial charge in [0.2, 0.25) is 5.76 Å². The van der Waals surface area contributed by atoms with Gasteiger partial charge in [-0.1, -0.05) is 17.7 Å². The fourth-order valence-electron chi connectivity index (χ4n) is 4.43. The van der Waals surface area contributed by atoms with Crippen LogP contribution in [0.5, 0.6) is 5.75 Å². The fourth-order valence-corrected chi connectivity index (χ4v) is 4.60. The maximum Gasteiger partial charge on any atom is 0.387 e. The summed E-state index contributed by atoms with van der Waals surface area (Å²) in [7, 11) is 2.43. The van der Waals surface area contributed by atoms with Crippen LogP contribution in [-0.2, 0) is 47.7 Å². The summed E-state index contributed by atoms with van der Waals surface area (Å²) in [5.41, 5.74) is -0.207. The zero-order valence-corrected chi connectivity index (χ0v) is 26.9. The molecule has 266 valence electrons. The third-order valence-electron chi connectivity index (χ3n) is 6.66. The van der Waals surface area contributed by atoms with Crippen molar-refractivity contribution in [3.63, 3.8) is 0 Å². The molecule has 3 aromatic rings. The largest absolute Gasteiger partial charge is 0.489 e. The van der Waals surface area contributed by atoms with E-state index in [0.29, 0.717) is 24.3 Å². The first kappa shape index (κ1) is 36.2. The number of nitrogens with one attached hydrogen (secondary N) is 2. The number of anilines is 3. The molecule has 0 radical (unpaired) electrons. The maximum absolute atomic E-state index is 14.8. The fraction of sp³-hybridized carbons (Fsp3) is 0.194. The summed E-state index contributed by atoms with van der Waals surface area (Å²) in [6.45, 7) is -4.18. The first-order chi connectivity index (χ1) is 24.3. The van der Waals surface area contributed by atoms with Gasteiger partial charge in [-0.15, -0.1) is 0 Å². The Balaban J connectivity index is 1.64. The summed E-state index contributed by atoms with van der Waals surface area (Å²) in [6, 6.07) is 6.66. The number of hydrogen-bond donors (Lipinski definition) is 2. The zero-order chi connectivity index (χ0) is 36.9. The van der Waals surface area contributed by atoms with E-state index in [1.54, 1.807) is 0 Å². The molecule has 0 saturated carbocycles. The molecule has 2 N–H and O–H groups in total. The number of fused-ring (bicyclic) bond motifs is 1. The second-order valence-corrected chi connectivity index (χ2v) is 10.6. The molecular weight excluding hydrogens is 711 g/mol. The molecule has 1 aromatic heterocycles. The third kappa shape index (κ3) is 8.23. The van der Waals surface area contributed by atoms with Gasteiger partial charge in [-0.25, -0.2) is 38.4 Å². The number of nitrogens with zero attached hydrogens (tertiary/aromatic N) is 3. The van der Waals surface area contributed by atoms with Crippen molar-refractivity contribution in [3.8, 4) is 5.75 Å². The minimum absolute atomic E-state index is 0.00283. The number of amides is 1. The number of ether oxygens (including phenoxy) is 6. The van der Waals surface area contributed by atoms with E-state index in [9.17, 15) is 37.1 Å². The van der Waals surface area contributed by atoms with Crippen molar-refractivity contribution in [2.75, 3.05) is 37.9 Å². The Bertz CT molecular complexity index is 2000. The van der Waals surface area contributed by atoms with Crippen LogP contribution in [0.1, 0.15) is 0 Å². The molecule has 0 fully saturated rings. The number of esters is 4. The molecule has 20 heteroatoms. The van der Waals surface area contributed by atoms with Crippen LogP contribution in [0.4, 0.5) is 30.4 Å². The first-order valence-electron chi connectivity index (χ1n) is 14.3. The average Bonchev–Trinajstić information content (AvgIpc) is 3.23. The first-order valence-corrected chi connectivity index (χ1v) is 14.7. The van der Waals surface area contributed by atoms with E-state index in [4.69, 9.17) is 35.3 Å². The number of halogens is 4. The highest BCUT2D eigenvalue weighted by Gasteiger charge is 2.53. The topological polar surface area (TPSA) is 194 Å². The van der Waals surface area contributed by atoms with E-state index in [2.05, 4.69) is 25.3 Å². The van der Waals surface area contributed by atoms with E-state index >= 15 is 0 Å². The average molecular weight is 734 g/mol. The number of benzene rings is 2. The van der Waals surface area contributed by atoms with Gasteiger partial charge in [0.15, 0.2) is 5.82 Å². The summed E-state index contributed by atoms with van der Waals surface area (Å²) in [5.74, 6) is -12.3. The van der Waals surface area contributed by atoms with E-state index in [1.165, 1.54) is 44.4 Å². The number of rotatable bonds is 11. The van der Waals surface area contributed by atoms with Gasteiger partial charge in [-0.05, 0) is 32.3 Å². The van der Waals surface area contributed by atoms with Crippen LogP contribution < -0.4 is 15.4 Å². The second kappa shape index (κ2) is 15.2. The summed E-state index contributed by atoms with van der Waals surface area (Å²) in [5, 5.41) is 5.09. The highest BCUT2D eigenvalue weighted by atomic mass is 35.5. The molecule has 0 unspecified atom stereocenters. The Hall–Kier alpha value is -6.05. The van der Waals surface area contributed by atoms with Crippen molar-refractivity contribution in [2.24, 2.45) is 0 Å². The number of carbonyl (C=O) groups excluding carboxylic acids is 5. The predicted molar refractivity (Wildman–Crippen MR) is 166 cm³/mol. The van der Waals surface area contributed by atoms with Gasteiger partial charge in [0.05, 0.1) is 28.5 Å². The highest BCUT2D eigenvalue weighted by molar-refractivity contribution is 6.31. The maximum atomic E-state index is 14.8. The molecule has 5 rings (SSSR count). The van der Waals surface area contributed by atoms with Gasteiger partial charge >= 0.3 is 36.4 Å². The zero-order valence-electron chi connectivity index (χ0n) is 26.1. The van der Waals surface area contributed by atoms with Crippen LogP contribution in [0, 0.1) is 5.82 Å². The molecule has 2 aromatic carbocycles. The molecular formula is C31H23ClF3N5O11. The normalized spacial score (nSPS) is 17.9. The van der Waals surface area contributed by atoms with Crippen molar-refractivity contribution in [3.05, 3.63) is 83.3 Å². The lowest BCUT2D eigenvalue weighted by atomic mass is 10.1. The monoisotopic (exact) mass is 733 g/mol. The minimum atomic E-state index is -3.11. The van der Waals surface area contributed by atoms with Crippen LogP contribution in [0.25, 0.3) is 10.9 Å². The molecule has 3 heterocycles. The smallest absolute Gasteiger partial charge is 0.387 e. The van der Waals surface area contributed by atoms with Gasteiger partial charge in [0.25, 0.3) is 11.7 Å². The Labute approximate surface area is 289 Å². The lowest BCUT2D eigenvalue weighted by Gasteiger charge is -2.37. The molecule has 2 aliphatic heterocycles. The lowest BCUT2D eigenvalue weighted by molar-refractivity contribution is -0.267. The molecule has 0 spiro atoms. The Morgan fingerprint density at radius 1 is 0.941 bits per heavy atom. The number of cyclic esters (lactones) is 4. The highest BCUT2D eigenvalue weighted by Crippen LogP contribution is 2.37. The van der Waals surface area contributed by atoms with Crippen molar-refractivity contribution in [1.29, 1.82) is 0 Å². The van der Waals surface area contributed by atoms with Crippen molar-refractivity contribution >= 4 is 69.5 Å². The van der Waals surface area contributed by atoms with E-state index in [1.807, 2.05) is 0 Å². The van der Waals surface area contributed by atoms with Crippen molar-refractivity contribution < 1.29 is 65.6 Å². The summed E-state index contributed by atoms with van der Waals surface area (Å²) < 4.78 is 70.9. The summed E-state index contributed by atoms with van der Waals surface area (Å²) in [4.78, 5) is 73.6. The molecule has 0 bridgehead atoms. The molecule has 16 nitrogen and oxygen atoms in total. The second-order valence-electron chi connectivity index (χ2n) is 10.2. The molecule has 1 amide bonds. The Morgan fingerprint density at radius 3 is 2.27 bits per heavy atom. The van der Waals surface area contributed by atoms with Crippen LogP contribution in [0.3, 0.4) is 0 Å². The Kier molecular flexibility index (Phi) is 10.8. The molecule has 0 atom stereocenters. The standard InChI is InChI=1S/C31H23ClF3N5O11/c1-40(2)31(50-23(43)8-9-24(44)51-31)27-26(48-21(41)6-7-22(42)49-27)29(45)39-19-12-15-18(13-20(19)46-10-11-47-30(34)35)36-14-37-28(15)38-17-5-3-4-16(32)25(17)33/h3-9,12-14,30H,10-11H2,1-2H3,(H,39,45)(H,36,37,38)/b7-6-,27-26+. The number of alkyl halides is 2. The van der Waals surface area contributed by atoms with Crippen molar-refractivity contribution in [2.45, 2.75) is 12.5 Å². The van der Waals surface area contributed by atoms with Gasteiger partial charge in [0.1, 0.15) is 24.5 Å². The number of carbonyl (C=O) groups is 5. The SMILES string of the molecule is CN(C)C1(/C2=C(/C(=O)Nc3cc4c(Nc5cccc(Cl)c5F)ncnc4cc3OCCOC(F)F)OC(=O)/C=C\C(=O)O2)OC(=O)C=CC(=O)O1. The van der Waals surface area contributed by atoms with Crippen LogP contribution in [0.15, 0.2) is 72.5 Å². The van der Waals surface area contributed by atoms with Gasteiger partial charge in [0, 0.05) is 35.8 Å². The van der Waals surface area contributed by atoms with Crippen LogP contribution >= 0.6 is 11.6 Å². The lowest BCUT2D eigenvalue weighted by Crippen LogP contribution is -2.54.